The molecule has 0 spiro atoms. The summed E-state index contributed by atoms with van der Waals surface area (Å²) < 4.78 is 40.9. The number of ketones is 3. The minimum Gasteiger partial charge on any atom is -0.461 e. The van der Waals surface area contributed by atoms with Crippen molar-refractivity contribution in [1.82, 2.24) is 4.90 Å². The summed E-state index contributed by atoms with van der Waals surface area (Å²) >= 11 is 0. The van der Waals surface area contributed by atoms with Crippen molar-refractivity contribution in [3.63, 3.8) is 0 Å². The number of rotatable bonds is 12. The van der Waals surface area contributed by atoms with Gasteiger partial charge < -0.3 is 53.4 Å². The Morgan fingerprint density at radius 2 is 1.62 bits per heavy atom. The summed E-state index contributed by atoms with van der Waals surface area (Å²) in [5.41, 5.74) is -0.312. The Kier molecular flexibility index (Phi) is 25.5. The molecule has 2 bridgehead atoms. The Morgan fingerprint density at radius 3 is 2.26 bits per heavy atom. The number of carbonyl (C=O) groups excluding carboxylic acids is 7. The van der Waals surface area contributed by atoms with Crippen molar-refractivity contribution < 1.29 is 82.0 Å². The maximum absolute atomic E-state index is 14.6. The Hall–Kier alpha value is -4.69. The van der Waals surface area contributed by atoms with Crippen LogP contribution in [-0.2, 0) is 66.7 Å². The van der Waals surface area contributed by atoms with Crippen LogP contribution in [0.4, 0.5) is 0 Å². The molecule has 0 aromatic heterocycles. The summed E-state index contributed by atoms with van der Waals surface area (Å²) in [5, 5.41) is 33.8. The minimum absolute atomic E-state index is 0.0132. The molecular weight excluding hydrogens is 1010 g/mol. The number of nitrogens with zero attached hydrogens (tertiary/aromatic N) is 1. The number of hydrogen-bond acceptors (Lipinski definition) is 17. The van der Waals surface area contributed by atoms with Crippen LogP contribution in [0.15, 0.2) is 59.8 Å². The highest BCUT2D eigenvalue weighted by molar-refractivity contribution is 6.39. The molecular formula is C60H91NO17. The van der Waals surface area contributed by atoms with E-state index in [0.29, 0.717) is 57.8 Å². The lowest BCUT2D eigenvalue weighted by atomic mass is 9.78. The van der Waals surface area contributed by atoms with Gasteiger partial charge in [-0.3, -0.25) is 24.0 Å². The molecule has 16 atom stereocenters. The van der Waals surface area contributed by atoms with Gasteiger partial charge in [0.05, 0.1) is 31.0 Å². The van der Waals surface area contributed by atoms with E-state index >= 15 is 0 Å². The molecule has 3 N–H and O–H groups in total. The molecule has 0 aromatic carbocycles. The summed E-state index contributed by atoms with van der Waals surface area (Å²) in [6.07, 6.45) is 9.37. The first-order chi connectivity index (χ1) is 36.7. The quantitative estimate of drug-likeness (QED) is 0.0782. The predicted octanol–water partition coefficient (Wildman–Crippen LogP) is 6.85. The molecule has 1 amide bonds. The van der Waals surface area contributed by atoms with Crippen LogP contribution >= 0.6 is 0 Å². The minimum atomic E-state index is -2.48. The van der Waals surface area contributed by atoms with Crippen molar-refractivity contribution in [2.75, 3.05) is 41.1 Å². The molecule has 3 heterocycles. The van der Waals surface area contributed by atoms with E-state index in [1.54, 1.807) is 40.9 Å². The van der Waals surface area contributed by atoms with Gasteiger partial charge in [0.1, 0.15) is 36.4 Å². The first kappa shape index (κ1) is 65.8. The van der Waals surface area contributed by atoms with Gasteiger partial charge in [-0.1, -0.05) is 77.7 Å². The van der Waals surface area contributed by atoms with Crippen molar-refractivity contribution in [2.24, 2.45) is 40.9 Å². The third-order valence-electron chi connectivity index (χ3n) is 16.4. The molecule has 1 aliphatic carbocycles. The molecule has 3 aliphatic heterocycles. The van der Waals surface area contributed by atoms with Crippen LogP contribution in [0.5, 0.6) is 0 Å². The molecule has 1 saturated carbocycles. The lowest BCUT2D eigenvalue weighted by Gasteiger charge is -2.42. The van der Waals surface area contributed by atoms with Gasteiger partial charge in [0.2, 0.25) is 5.79 Å². The first-order valence-corrected chi connectivity index (χ1v) is 27.9. The van der Waals surface area contributed by atoms with Crippen LogP contribution in [0.1, 0.15) is 139 Å². The normalized spacial score (nSPS) is 34.8. The van der Waals surface area contributed by atoms with E-state index in [1.165, 1.54) is 28.1 Å². The van der Waals surface area contributed by atoms with Crippen molar-refractivity contribution in [3.8, 4) is 0 Å². The van der Waals surface area contributed by atoms with E-state index in [9.17, 15) is 48.9 Å². The molecule has 78 heavy (non-hydrogen) atoms. The summed E-state index contributed by atoms with van der Waals surface area (Å²) in [6, 6.07) is -1.22. The summed E-state index contributed by atoms with van der Waals surface area (Å²) in [6.45, 7) is 17.9. The van der Waals surface area contributed by atoms with Gasteiger partial charge in [0.25, 0.3) is 11.7 Å². The zero-order valence-corrected chi connectivity index (χ0v) is 48.4. The third kappa shape index (κ3) is 17.4. The van der Waals surface area contributed by atoms with Crippen molar-refractivity contribution in [2.45, 2.75) is 194 Å². The van der Waals surface area contributed by atoms with E-state index in [1.807, 2.05) is 51.2 Å². The summed E-state index contributed by atoms with van der Waals surface area (Å²) in [7, 11) is 4.42. The smallest absolute Gasteiger partial charge is 0.333 e. The number of fused-ring (bicyclic) bond motifs is 3. The number of methoxy groups -OCH3 is 3. The van der Waals surface area contributed by atoms with Gasteiger partial charge in [-0.25, -0.2) is 9.59 Å². The van der Waals surface area contributed by atoms with Gasteiger partial charge in [0.15, 0.2) is 11.6 Å². The second kappa shape index (κ2) is 30.2. The highest BCUT2D eigenvalue weighted by Gasteiger charge is 2.53. The molecule has 18 nitrogen and oxygen atoms in total. The van der Waals surface area contributed by atoms with Crippen molar-refractivity contribution >= 4 is 41.2 Å². The van der Waals surface area contributed by atoms with Crippen LogP contribution in [0, 0.1) is 40.9 Å². The van der Waals surface area contributed by atoms with E-state index < -0.39 is 132 Å². The van der Waals surface area contributed by atoms with Crippen LogP contribution in [0.25, 0.3) is 0 Å². The molecule has 0 aromatic rings. The average Bonchev–Trinajstić information content (AvgIpc) is 3.48. The molecule has 18 heteroatoms. The number of esters is 3. The van der Waals surface area contributed by atoms with E-state index in [-0.39, 0.29) is 54.6 Å². The van der Waals surface area contributed by atoms with Crippen LogP contribution in [0.2, 0.25) is 0 Å². The number of allylic oxidation sites excluding steroid dienone is 6. The highest BCUT2D eigenvalue weighted by Crippen LogP contribution is 2.39. The zero-order chi connectivity index (χ0) is 58.2. The van der Waals surface area contributed by atoms with E-state index in [2.05, 4.69) is 6.58 Å². The lowest BCUT2D eigenvalue weighted by molar-refractivity contribution is -0.265. The second-order valence-electron chi connectivity index (χ2n) is 23.1. The number of Topliss-reactive ketones (excluding diaryl/α,β-unsaturated/α-hetero) is 3. The average molecular weight is 1100 g/mol. The van der Waals surface area contributed by atoms with Gasteiger partial charge in [-0.15, -0.1) is 0 Å². The lowest BCUT2D eigenvalue weighted by Crippen LogP contribution is -2.61. The fourth-order valence-electron chi connectivity index (χ4n) is 11.1. The van der Waals surface area contributed by atoms with Crippen LogP contribution in [0.3, 0.4) is 0 Å². The summed E-state index contributed by atoms with van der Waals surface area (Å²) in [5.74, 6) is -10.2. The Balaban J connectivity index is 1.67. The number of aliphatic hydroxyl groups is 3. The number of amides is 1. The predicted molar refractivity (Wildman–Crippen MR) is 290 cm³/mol. The van der Waals surface area contributed by atoms with E-state index in [4.69, 9.17) is 33.2 Å². The van der Waals surface area contributed by atoms with Gasteiger partial charge >= 0.3 is 17.9 Å². The molecule has 3 fully saturated rings. The Labute approximate surface area is 462 Å². The number of aliphatic hydroxyl groups excluding tert-OH is 2. The number of carbonyl (C=O) groups is 7. The largest absolute Gasteiger partial charge is 0.461 e. The van der Waals surface area contributed by atoms with Gasteiger partial charge in [-0.05, 0) is 121 Å². The number of cyclic esters (lactones) is 1. The molecule has 5 unspecified atom stereocenters. The Bertz CT molecular complexity index is 2240. The van der Waals surface area contributed by atoms with Gasteiger partial charge in [-0.2, -0.15) is 0 Å². The fourth-order valence-corrected chi connectivity index (χ4v) is 11.1. The monoisotopic (exact) mass is 1100 g/mol. The maximum Gasteiger partial charge on any atom is 0.333 e. The van der Waals surface area contributed by atoms with Gasteiger partial charge in [0, 0.05) is 64.0 Å². The SMILES string of the molecule is C=C(C)C(=O)OCC(C)(CO)C(=O)O[C@@H]1CC[C@@H](C[C@H](C)[C@@H]2CC(=O)/C(C)=C/C(C)[C@@H](O)C(OC)C(=O)[C@H](C)CC(C)C=CC=CC=C(C)[C@@H](OC)C[C@@H]3CC[C@@H](C)[C@@](O)(O3)C(=O)C(=O)N3CCCCC3C(=O)O2)C[C@H]1OC. The van der Waals surface area contributed by atoms with Crippen LogP contribution in [-0.4, -0.2) is 157 Å². The number of ether oxygens (including phenoxy) is 7. The highest BCUT2D eigenvalue weighted by atomic mass is 16.6. The molecule has 0 radical (unpaired) electrons. The topological polar surface area (TPSA) is 248 Å². The third-order valence-corrected chi connectivity index (χ3v) is 16.4. The second-order valence-corrected chi connectivity index (χ2v) is 23.1. The number of piperidine rings is 1. The molecule has 4 rings (SSSR count). The fraction of sp³-hybridized carbons (Fsp3) is 0.717. The van der Waals surface area contributed by atoms with Crippen LogP contribution < -0.4 is 0 Å². The molecule has 438 valence electrons. The zero-order valence-electron chi connectivity index (χ0n) is 48.4. The van der Waals surface area contributed by atoms with Crippen molar-refractivity contribution in [1.29, 1.82) is 0 Å². The molecule has 4 aliphatic rings. The van der Waals surface area contributed by atoms with Crippen molar-refractivity contribution in [3.05, 3.63) is 59.8 Å². The standard InChI is InChI=1S/C60H91NO17/c1-35(2)56(68)75-34-59(10,33-62)58(70)77-47-25-23-43(30-50(47)73-12)29-39(6)49-32-46(63)38(5)28-41(8)52(65)53(74-13)51(64)40(7)27-36(3)19-15-14-16-20-37(4)48(72-11)31-44-24-22-42(9)60(71,78-44)54(66)55(67)61-26-18-17-21-45(61)57(69)76-49/h14-16,19-20,28,36,39-45,47-50,52-53,62,65,71H,1,17-18,21-27,29-34H2,2-13H3/b16-14?,19-15?,37-20?,38-28+/t36?,39-,40+,41?,42+,43-,44-,45?,47+,48-,49-,50+,52+,53?,59?,60+/m0/s1. The maximum atomic E-state index is 14.6. The molecule has 2 saturated heterocycles. The first-order valence-electron chi connectivity index (χ1n) is 27.9. The summed E-state index contributed by atoms with van der Waals surface area (Å²) in [4.78, 5) is 98.3. The van der Waals surface area contributed by atoms with E-state index in [0.717, 1.165) is 10.5 Å². The Morgan fingerprint density at radius 1 is 0.910 bits per heavy atom. The number of hydrogen-bond donors (Lipinski definition) is 3.